The summed E-state index contributed by atoms with van der Waals surface area (Å²) in [5, 5.41) is 15.1. The lowest BCUT2D eigenvalue weighted by molar-refractivity contribution is 0.0526. The van der Waals surface area contributed by atoms with Crippen LogP contribution in [0.5, 0.6) is 11.5 Å². The van der Waals surface area contributed by atoms with Crippen molar-refractivity contribution in [2.75, 3.05) is 26.1 Å². The van der Waals surface area contributed by atoms with Crippen LogP contribution in [-0.2, 0) is 4.74 Å². The fraction of sp³-hybridized carbons (Fsp3) is 0.174. The van der Waals surface area contributed by atoms with E-state index in [-0.39, 0.29) is 5.97 Å². The Kier molecular flexibility index (Phi) is 7.25. The van der Waals surface area contributed by atoms with Crippen LogP contribution in [0.3, 0.4) is 0 Å². The number of aromatic nitrogens is 1. The number of ether oxygens (including phenoxy) is 3. The monoisotopic (exact) mass is 435 g/mol. The maximum absolute atomic E-state index is 11.7. The van der Waals surface area contributed by atoms with Crippen molar-refractivity contribution in [1.29, 1.82) is 5.26 Å². The molecule has 0 atom stereocenters. The smallest absolute Gasteiger partial charge is 0.338 e. The second kappa shape index (κ2) is 10.3. The molecular weight excluding hydrogens is 414 g/mol. The Labute approximate surface area is 184 Å². The Hall–Kier alpha value is -3.83. The van der Waals surface area contributed by atoms with Gasteiger partial charge in [0.15, 0.2) is 11.5 Å². The number of nitriles is 1. The van der Waals surface area contributed by atoms with Gasteiger partial charge in [-0.25, -0.2) is 9.78 Å². The van der Waals surface area contributed by atoms with Gasteiger partial charge in [-0.2, -0.15) is 5.26 Å². The molecular formula is C23H21N3O4S. The van der Waals surface area contributed by atoms with Crippen LogP contribution in [0.15, 0.2) is 54.0 Å². The van der Waals surface area contributed by atoms with Crippen LogP contribution in [-0.4, -0.2) is 31.8 Å². The lowest BCUT2D eigenvalue weighted by Gasteiger charge is -2.08. The predicted octanol–water partition coefficient (Wildman–Crippen LogP) is 4.98. The topological polar surface area (TPSA) is 93.5 Å². The van der Waals surface area contributed by atoms with Gasteiger partial charge in [0, 0.05) is 22.8 Å². The highest BCUT2D eigenvalue weighted by Gasteiger charge is 2.12. The van der Waals surface area contributed by atoms with Gasteiger partial charge in [0.05, 0.1) is 32.1 Å². The molecule has 31 heavy (non-hydrogen) atoms. The number of methoxy groups -OCH3 is 2. The second-order valence-electron chi connectivity index (χ2n) is 6.22. The Balaban J connectivity index is 1.76. The van der Waals surface area contributed by atoms with E-state index in [2.05, 4.69) is 16.4 Å². The van der Waals surface area contributed by atoms with Gasteiger partial charge in [0.1, 0.15) is 16.6 Å². The van der Waals surface area contributed by atoms with E-state index in [1.807, 2.05) is 23.6 Å². The number of esters is 1. The molecule has 8 heteroatoms. The van der Waals surface area contributed by atoms with Crippen LogP contribution in [0.1, 0.15) is 22.3 Å². The first-order valence-electron chi connectivity index (χ1n) is 9.41. The molecule has 0 spiro atoms. The molecule has 1 aromatic heterocycles. The minimum absolute atomic E-state index is 0.326. The van der Waals surface area contributed by atoms with Gasteiger partial charge in [-0.05, 0) is 49.4 Å². The minimum Gasteiger partial charge on any atom is -0.493 e. The van der Waals surface area contributed by atoms with E-state index in [9.17, 15) is 10.1 Å². The highest BCUT2D eigenvalue weighted by atomic mass is 32.1. The number of benzene rings is 2. The van der Waals surface area contributed by atoms with E-state index < -0.39 is 0 Å². The Morgan fingerprint density at radius 3 is 2.55 bits per heavy atom. The van der Waals surface area contributed by atoms with Crippen LogP contribution >= 0.6 is 11.3 Å². The van der Waals surface area contributed by atoms with Crippen LogP contribution in [0.2, 0.25) is 0 Å². The van der Waals surface area contributed by atoms with Gasteiger partial charge in [-0.1, -0.05) is 0 Å². The third kappa shape index (κ3) is 5.21. The fourth-order valence-electron chi connectivity index (χ4n) is 2.74. The molecule has 0 saturated heterocycles. The average Bonchev–Trinajstić information content (AvgIpc) is 3.29. The molecule has 0 bridgehead atoms. The number of carbonyl (C=O) groups excluding carboxylic acids is 1. The predicted molar refractivity (Wildman–Crippen MR) is 120 cm³/mol. The largest absolute Gasteiger partial charge is 0.493 e. The summed E-state index contributed by atoms with van der Waals surface area (Å²) in [6.07, 6.45) is 1.59. The van der Waals surface area contributed by atoms with Crippen molar-refractivity contribution >= 4 is 28.6 Å². The molecule has 2 aromatic carbocycles. The van der Waals surface area contributed by atoms with Gasteiger partial charge in [-0.15, -0.1) is 11.3 Å². The number of carbonyl (C=O) groups is 1. The summed E-state index contributed by atoms with van der Waals surface area (Å²) in [6, 6.07) is 14.5. The highest BCUT2D eigenvalue weighted by molar-refractivity contribution is 7.11. The zero-order valence-corrected chi connectivity index (χ0v) is 18.2. The highest BCUT2D eigenvalue weighted by Crippen LogP contribution is 2.33. The summed E-state index contributed by atoms with van der Waals surface area (Å²) < 4.78 is 15.6. The summed E-state index contributed by atoms with van der Waals surface area (Å²) in [5.74, 6) is 0.879. The molecule has 0 aliphatic heterocycles. The number of hydrogen-bond donors (Lipinski definition) is 1. The molecule has 158 valence electrons. The SMILES string of the molecule is CCOC(=O)c1ccc(NC=C(C#N)c2nc(-c3ccc(OC)c(OC)c3)cs2)cc1. The third-order valence-electron chi connectivity index (χ3n) is 4.31. The van der Waals surface area contributed by atoms with E-state index in [1.54, 1.807) is 51.6 Å². The molecule has 1 N–H and O–H groups in total. The molecule has 0 radical (unpaired) electrons. The summed E-state index contributed by atoms with van der Waals surface area (Å²) >= 11 is 1.37. The second-order valence-corrected chi connectivity index (χ2v) is 7.08. The molecule has 3 aromatic rings. The first-order valence-corrected chi connectivity index (χ1v) is 10.3. The van der Waals surface area contributed by atoms with Gasteiger partial charge in [-0.3, -0.25) is 0 Å². The molecule has 0 saturated carbocycles. The van der Waals surface area contributed by atoms with Gasteiger partial charge < -0.3 is 19.5 Å². The zero-order valence-electron chi connectivity index (χ0n) is 17.3. The fourth-order valence-corrected chi connectivity index (χ4v) is 3.53. The normalized spacial score (nSPS) is 10.8. The van der Waals surface area contributed by atoms with Crippen molar-refractivity contribution in [1.82, 2.24) is 4.98 Å². The standard InChI is InChI=1S/C23H21N3O4S/c1-4-30-23(27)15-5-8-18(9-6-15)25-13-17(12-24)22-26-19(14-31-22)16-7-10-20(28-2)21(11-16)29-3/h5-11,13-14,25H,4H2,1-3H3. The molecule has 3 rings (SSSR count). The van der Waals surface area contributed by atoms with E-state index in [0.29, 0.717) is 34.3 Å². The lowest BCUT2D eigenvalue weighted by atomic mass is 10.1. The maximum atomic E-state index is 11.7. The van der Waals surface area contributed by atoms with Gasteiger partial charge in [0.25, 0.3) is 0 Å². The molecule has 7 nitrogen and oxygen atoms in total. The molecule has 0 unspecified atom stereocenters. The molecule has 0 aliphatic rings. The molecule has 1 heterocycles. The summed E-state index contributed by atoms with van der Waals surface area (Å²) in [4.78, 5) is 16.3. The maximum Gasteiger partial charge on any atom is 0.338 e. The quantitative estimate of drug-likeness (QED) is 0.394. The zero-order chi connectivity index (χ0) is 22.2. The number of allylic oxidation sites excluding steroid dienone is 1. The van der Waals surface area contributed by atoms with Crippen LogP contribution in [0, 0.1) is 11.3 Å². The number of nitrogens with zero attached hydrogens (tertiary/aromatic N) is 2. The Morgan fingerprint density at radius 1 is 1.16 bits per heavy atom. The lowest BCUT2D eigenvalue weighted by Crippen LogP contribution is -2.04. The van der Waals surface area contributed by atoms with Crippen molar-refractivity contribution in [2.45, 2.75) is 6.92 Å². The van der Waals surface area contributed by atoms with Gasteiger partial charge in [0.2, 0.25) is 0 Å². The van der Waals surface area contributed by atoms with Crippen molar-refractivity contribution in [3.63, 3.8) is 0 Å². The van der Waals surface area contributed by atoms with Crippen molar-refractivity contribution < 1.29 is 19.0 Å². The molecule has 0 fully saturated rings. The van der Waals surface area contributed by atoms with E-state index in [0.717, 1.165) is 16.9 Å². The number of nitrogens with one attached hydrogen (secondary N) is 1. The van der Waals surface area contributed by atoms with Crippen molar-refractivity contribution in [3.8, 4) is 28.8 Å². The van der Waals surface area contributed by atoms with E-state index >= 15 is 0 Å². The Morgan fingerprint density at radius 2 is 1.90 bits per heavy atom. The van der Waals surface area contributed by atoms with Crippen LogP contribution < -0.4 is 14.8 Å². The van der Waals surface area contributed by atoms with Crippen molar-refractivity contribution in [3.05, 3.63) is 64.6 Å². The van der Waals surface area contributed by atoms with Gasteiger partial charge >= 0.3 is 5.97 Å². The molecule has 0 aliphatic carbocycles. The van der Waals surface area contributed by atoms with E-state index in [1.165, 1.54) is 11.3 Å². The first kappa shape index (κ1) is 21.9. The van der Waals surface area contributed by atoms with Crippen LogP contribution in [0.25, 0.3) is 16.8 Å². The van der Waals surface area contributed by atoms with Crippen LogP contribution in [0.4, 0.5) is 5.69 Å². The van der Waals surface area contributed by atoms with E-state index in [4.69, 9.17) is 14.2 Å². The summed E-state index contributed by atoms with van der Waals surface area (Å²) in [7, 11) is 3.16. The van der Waals surface area contributed by atoms with Crippen molar-refractivity contribution in [2.24, 2.45) is 0 Å². The molecule has 0 amide bonds. The number of anilines is 1. The Bertz CT molecular complexity index is 1130. The average molecular weight is 436 g/mol. The summed E-state index contributed by atoms with van der Waals surface area (Å²) in [6.45, 7) is 2.09. The summed E-state index contributed by atoms with van der Waals surface area (Å²) in [5.41, 5.74) is 3.20. The minimum atomic E-state index is -0.368. The number of thiazole rings is 1. The first-order chi connectivity index (χ1) is 15.1. The number of rotatable bonds is 8. The number of hydrogen-bond acceptors (Lipinski definition) is 8. The third-order valence-corrected chi connectivity index (χ3v) is 5.19.